The molecule has 0 aliphatic heterocycles. The van der Waals surface area contributed by atoms with E-state index in [9.17, 15) is 0 Å². The van der Waals surface area contributed by atoms with Crippen LogP contribution in [0.5, 0.6) is 0 Å². The highest BCUT2D eigenvalue weighted by molar-refractivity contribution is 6.28. The van der Waals surface area contributed by atoms with Crippen molar-refractivity contribution in [2.75, 3.05) is 0 Å². The normalized spacial score (nSPS) is 12.2. The van der Waals surface area contributed by atoms with E-state index in [1.54, 1.807) is 0 Å². The Morgan fingerprint density at radius 2 is 0.870 bits per heavy atom. The molecule has 0 saturated heterocycles. The van der Waals surface area contributed by atoms with E-state index in [1.807, 2.05) is 0 Å². The summed E-state index contributed by atoms with van der Waals surface area (Å²) in [6, 6.07) is 56.6. The van der Waals surface area contributed by atoms with E-state index in [4.69, 9.17) is 0 Å². The van der Waals surface area contributed by atoms with E-state index in [-0.39, 0.29) is 5.41 Å². The molecule has 0 atom stereocenters. The van der Waals surface area contributed by atoms with Gasteiger partial charge in [-0.1, -0.05) is 160 Å². The van der Waals surface area contributed by atoms with Crippen molar-refractivity contribution < 1.29 is 0 Å². The zero-order valence-electron chi connectivity index (χ0n) is 26.4. The molecule has 0 heterocycles. The van der Waals surface area contributed by atoms with Gasteiger partial charge in [-0.25, -0.2) is 0 Å². The maximum Gasteiger partial charge on any atom is -0.00143 e. The zero-order valence-corrected chi connectivity index (χ0v) is 26.4. The number of benzene rings is 9. The van der Waals surface area contributed by atoms with Crippen molar-refractivity contribution in [3.05, 3.63) is 157 Å². The van der Waals surface area contributed by atoms with Crippen LogP contribution in [0.25, 0.3) is 87.2 Å². The lowest BCUT2D eigenvalue weighted by Crippen LogP contribution is -2.10. The Bertz CT molecular complexity index is 2570. The molecule has 0 N–H and O–H groups in total. The van der Waals surface area contributed by atoms with Crippen LogP contribution in [0.1, 0.15) is 26.3 Å². The maximum atomic E-state index is 2.43. The van der Waals surface area contributed by atoms with Gasteiger partial charge in [0.05, 0.1) is 0 Å². The first-order valence-corrected chi connectivity index (χ1v) is 16.3. The lowest BCUT2D eigenvalue weighted by atomic mass is 9.81. The van der Waals surface area contributed by atoms with Gasteiger partial charge in [-0.05, 0) is 110 Å². The third-order valence-electron chi connectivity index (χ3n) is 9.94. The fraction of sp³-hybridized carbons (Fsp3) is 0.0870. The summed E-state index contributed by atoms with van der Waals surface area (Å²) >= 11 is 0. The molecule has 0 saturated carbocycles. The number of fused-ring (bicyclic) bond motifs is 2. The van der Waals surface area contributed by atoms with Crippen molar-refractivity contribution in [2.45, 2.75) is 26.2 Å². The average molecular weight is 587 g/mol. The minimum Gasteiger partial charge on any atom is -0.0616 e. The van der Waals surface area contributed by atoms with Crippen LogP contribution in [0.4, 0.5) is 0 Å². The van der Waals surface area contributed by atoms with Gasteiger partial charge in [0.25, 0.3) is 0 Å². The Morgan fingerprint density at radius 3 is 1.57 bits per heavy atom. The fourth-order valence-corrected chi connectivity index (χ4v) is 7.49. The molecule has 0 spiro atoms. The van der Waals surface area contributed by atoms with Gasteiger partial charge in [-0.3, -0.25) is 0 Å². The number of hydrogen-bond acceptors (Lipinski definition) is 0. The second-order valence-electron chi connectivity index (χ2n) is 13.8. The molecule has 0 bridgehead atoms. The van der Waals surface area contributed by atoms with Crippen LogP contribution in [0, 0.1) is 0 Å². The third kappa shape index (κ3) is 4.21. The smallest absolute Gasteiger partial charge is 0.00143 e. The first kappa shape index (κ1) is 26.9. The molecule has 0 aliphatic carbocycles. The standard InChI is InChI=1S/C46H34/c1-46(2,3)37-26-35-21-23-40-42(32-18-16-31(17-19-32)39-14-8-12-30-10-6-7-13-38(30)39)28-43(41-24-22-36(27-37)44(35)45(40)41)34-20-15-29-9-4-5-11-33(29)25-34/h4-28H,1-3H3. The highest BCUT2D eigenvalue weighted by atomic mass is 14.2. The van der Waals surface area contributed by atoms with Gasteiger partial charge in [0.2, 0.25) is 0 Å². The molecule has 0 amide bonds. The molecule has 0 aliphatic rings. The molecule has 218 valence electrons. The summed E-state index contributed by atoms with van der Waals surface area (Å²) in [6.07, 6.45) is 0. The lowest BCUT2D eigenvalue weighted by Gasteiger charge is -2.23. The van der Waals surface area contributed by atoms with Gasteiger partial charge in [0, 0.05) is 0 Å². The van der Waals surface area contributed by atoms with Crippen molar-refractivity contribution in [2.24, 2.45) is 0 Å². The highest BCUT2D eigenvalue weighted by Crippen LogP contribution is 2.45. The van der Waals surface area contributed by atoms with Crippen LogP contribution in [0.15, 0.2) is 152 Å². The number of hydrogen-bond donors (Lipinski definition) is 0. The van der Waals surface area contributed by atoms with Crippen LogP contribution >= 0.6 is 0 Å². The van der Waals surface area contributed by atoms with Crippen molar-refractivity contribution in [3.63, 3.8) is 0 Å². The largest absolute Gasteiger partial charge is 0.0616 e. The Labute approximate surface area is 269 Å². The second-order valence-corrected chi connectivity index (χ2v) is 13.8. The van der Waals surface area contributed by atoms with E-state index >= 15 is 0 Å². The molecule has 0 radical (unpaired) electrons. The van der Waals surface area contributed by atoms with Crippen molar-refractivity contribution in [3.8, 4) is 33.4 Å². The Hall–Kier alpha value is -5.46. The van der Waals surface area contributed by atoms with Gasteiger partial charge in [-0.2, -0.15) is 0 Å². The minimum atomic E-state index is 0.0810. The molecule has 0 fully saturated rings. The quantitative estimate of drug-likeness (QED) is 0.181. The molecular formula is C46H34. The van der Waals surface area contributed by atoms with Crippen molar-refractivity contribution in [1.29, 1.82) is 0 Å². The summed E-state index contributed by atoms with van der Waals surface area (Å²) in [5.74, 6) is 0. The molecule has 9 aromatic carbocycles. The van der Waals surface area contributed by atoms with E-state index in [0.717, 1.165) is 0 Å². The number of rotatable bonds is 3. The molecule has 0 heteroatoms. The van der Waals surface area contributed by atoms with Crippen LogP contribution in [0.3, 0.4) is 0 Å². The Kier molecular flexibility index (Phi) is 5.86. The molecule has 0 unspecified atom stereocenters. The molecule has 0 nitrogen and oxygen atoms in total. The van der Waals surface area contributed by atoms with Crippen LogP contribution in [-0.2, 0) is 5.41 Å². The average Bonchev–Trinajstić information content (AvgIpc) is 3.09. The summed E-state index contributed by atoms with van der Waals surface area (Å²) in [5.41, 5.74) is 9.00. The lowest BCUT2D eigenvalue weighted by molar-refractivity contribution is 0.591. The monoisotopic (exact) mass is 586 g/mol. The van der Waals surface area contributed by atoms with Gasteiger partial charge >= 0.3 is 0 Å². The van der Waals surface area contributed by atoms with Crippen molar-refractivity contribution >= 4 is 53.9 Å². The summed E-state index contributed by atoms with van der Waals surface area (Å²) < 4.78 is 0. The van der Waals surface area contributed by atoms with Crippen LogP contribution in [0.2, 0.25) is 0 Å². The first-order valence-electron chi connectivity index (χ1n) is 16.3. The topological polar surface area (TPSA) is 0 Å². The van der Waals surface area contributed by atoms with Crippen molar-refractivity contribution in [1.82, 2.24) is 0 Å². The highest BCUT2D eigenvalue weighted by Gasteiger charge is 2.20. The molecule has 46 heavy (non-hydrogen) atoms. The van der Waals surface area contributed by atoms with Crippen LogP contribution < -0.4 is 0 Å². The van der Waals surface area contributed by atoms with E-state index in [2.05, 4.69) is 172 Å². The molecule has 0 aromatic heterocycles. The predicted molar refractivity (Wildman–Crippen MR) is 200 cm³/mol. The minimum absolute atomic E-state index is 0.0810. The van der Waals surface area contributed by atoms with Gasteiger partial charge < -0.3 is 0 Å². The third-order valence-corrected chi connectivity index (χ3v) is 9.94. The summed E-state index contributed by atoms with van der Waals surface area (Å²) in [7, 11) is 0. The molecular weight excluding hydrogens is 553 g/mol. The Balaban J connectivity index is 1.31. The Morgan fingerprint density at radius 1 is 0.326 bits per heavy atom. The van der Waals surface area contributed by atoms with E-state index in [0.29, 0.717) is 0 Å². The van der Waals surface area contributed by atoms with Gasteiger partial charge in [-0.15, -0.1) is 0 Å². The molecule has 9 rings (SSSR count). The van der Waals surface area contributed by atoms with Gasteiger partial charge in [0.15, 0.2) is 0 Å². The SMILES string of the molecule is CC(C)(C)c1cc2ccc3c(-c4ccc(-c5cccc6ccccc56)cc4)cc(-c4ccc5ccccc5c4)c4ccc(c1)c2c34. The fourth-order valence-electron chi connectivity index (χ4n) is 7.49. The molecule has 9 aromatic rings. The predicted octanol–water partition coefficient (Wildman–Crippen LogP) is 13.2. The summed E-state index contributed by atoms with van der Waals surface area (Å²) in [6.45, 7) is 6.91. The summed E-state index contributed by atoms with van der Waals surface area (Å²) in [5, 5.41) is 13.0. The second kappa shape index (κ2) is 10.0. The van der Waals surface area contributed by atoms with E-state index < -0.39 is 0 Å². The van der Waals surface area contributed by atoms with Gasteiger partial charge in [0.1, 0.15) is 0 Å². The summed E-state index contributed by atoms with van der Waals surface area (Å²) in [4.78, 5) is 0. The maximum absolute atomic E-state index is 2.43. The zero-order chi connectivity index (χ0) is 31.0. The van der Waals surface area contributed by atoms with E-state index in [1.165, 1.54) is 92.8 Å². The first-order chi connectivity index (χ1) is 22.4. The van der Waals surface area contributed by atoms with Crippen LogP contribution in [-0.4, -0.2) is 0 Å².